The summed E-state index contributed by atoms with van der Waals surface area (Å²) in [5, 5.41) is 6.77. The Morgan fingerprint density at radius 3 is 0.806 bits per heavy atom. The molecule has 0 saturated carbocycles. The van der Waals surface area contributed by atoms with Crippen molar-refractivity contribution in [3.8, 4) is 0 Å². The van der Waals surface area contributed by atoms with Crippen LogP contribution in [0.2, 0.25) is 18.1 Å². The maximum absolute atomic E-state index is 5.37. The molecule has 0 aliphatic carbocycles. The lowest BCUT2D eigenvalue weighted by Gasteiger charge is -2.25. The highest BCUT2D eigenvalue weighted by atomic mass is 28.4. The van der Waals surface area contributed by atoms with Gasteiger partial charge in [-0.25, -0.2) is 0 Å². The van der Waals surface area contributed by atoms with Crippen LogP contribution in [0, 0.1) is 0 Å². The highest BCUT2D eigenvalue weighted by molar-refractivity contribution is 6.61. The first-order chi connectivity index (χ1) is 17.3. The van der Waals surface area contributed by atoms with E-state index in [9.17, 15) is 0 Å². The van der Waals surface area contributed by atoms with E-state index in [-0.39, 0.29) is 0 Å². The van der Waals surface area contributed by atoms with Crippen molar-refractivity contribution in [3.63, 3.8) is 0 Å². The van der Waals surface area contributed by atoms with Crippen LogP contribution in [0.15, 0.2) is 0 Å². The molecule has 0 aliphatic heterocycles. The minimum atomic E-state index is -2.43. The van der Waals surface area contributed by atoms with Crippen molar-refractivity contribution in [2.45, 2.75) is 57.2 Å². The lowest BCUT2D eigenvalue weighted by Crippen LogP contribution is -2.43. The van der Waals surface area contributed by atoms with Crippen molar-refractivity contribution in [3.05, 3.63) is 0 Å². The molecule has 0 amide bonds. The Labute approximate surface area is 224 Å². The van der Waals surface area contributed by atoms with Gasteiger partial charge >= 0.3 is 26.4 Å². The maximum Gasteiger partial charge on any atom is 0.500 e. The van der Waals surface area contributed by atoms with Gasteiger partial charge in [0, 0.05) is 82.1 Å². The van der Waals surface area contributed by atoms with Crippen LogP contribution in [-0.4, -0.2) is 117 Å². The molecular formula is C22H56N2O9Si3. The predicted octanol–water partition coefficient (Wildman–Crippen LogP) is 2.76. The Kier molecular flexibility index (Phi) is 25.9. The van der Waals surface area contributed by atoms with E-state index in [0.717, 1.165) is 63.6 Å². The van der Waals surface area contributed by atoms with Gasteiger partial charge in [0.2, 0.25) is 0 Å². The molecule has 0 aromatic rings. The maximum atomic E-state index is 5.37. The van der Waals surface area contributed by atoms with Crippen molar-refractivity contribution in [1.29, 1.82) is 0 Å². The molecule has 0 unspecified atom stereocenters. The predicted molar refractivity (Wildman–Crippen MR) is 149 cm³/mol. The average molecular weight is 577 g/mol. The summed E-state index contributed by atoms with van der Waals surface area (Å²) in [7, 11) is 7.61. The van der Waals surface area contributed by atoms with Crippen molar-refractivity contribution in [1.82, 2.24) is 10.6 Å². The van der Waals surface area contributed by atoms with Crippen LogP contribution in [0.4, 0.5) is 0 Å². The summed E-state index contributed by atoms with van der Waals surface area (Å²) >= 11 is 0. The molecule has 0 saturated heterocycles. The average Bonchev–Trinajstić information content (AvgIpc) is 2.93. The zero-order valence-electron chi connectivity index (χ0n) is 24.7. The van der Waals surface area contributed by atoms with Crippen LogP contribution < -0.4 is 10.6 Å². The van der Waals surface area contributed by atoms with Crippen LogP contribution in [0.3, 0.4) is 0 Å². The summed E-state index contributed by atoms with van der Waals surface area (Å²) in [5.41, 5.74) is 0. The molecule has 2 N–H and O–H groups in total. The third-order valence-corrected chi connectivity index (χ3v) is 14.5. The smallest absolute Gasteiger partial charge is 0.377 e. The van der Waals surface area contributed by atoms with Gasteiger partial charge in [0.1, 0.15) is 0 Å². The van der Waals surface area contributed by atoms with Gasteiger partial charge in [0.25, 0.3) is 0 Å². The summed E-state index contributed by atoms with van der Waals surface area (Å²) in [6.07, 6.45) is 5.40. The lowest BCUT2D eigenvalue weighted by atomic mass is 10.3. The van der Waals surface area contributed by atoms with Crippen LogP contribution in [-0.2, 0) is 39.8 Å². The molecule has 14 heteroatoms. The Morgan fingerprint density at radius 2 is 0.611 bits per heavy atom. The van der Waals surface area contributed by atoms with E-state index in [1.165, 1.54) is 12.8 Å². The van der Waals surface area contributed by atoms with E-state index in [0.29, 0.717) is 0 Å². The molecular weight excluding hydrogens is 521 g/mol. The van der Waals surface area contributed by atoms with Gasteiger partial charge in [-0.15, -0.1) is 0 Å². The SMILES string of the molecule is CCCCNCCC[Si](OC)(OC)OC.CO[Si](CCCNCCC[Si](OC)(OC)OC)(OC)OC. The molecule has 11 nitrogen and oxygen atoms in total. The van der Waals surface area contributed by atoms with Crippen LogP contribution >= 0.6 is 0 Å². The second-order valence-corrected chi connectivity index (χ2v) is 17.3. The Hall–Kier alpha value is 0.211. The van der Waals surface area contributed by atoms with Gasteiger partial charge in [-0.2, -0.15) is 0 Å². The Bertz CT molecular complexity index is 425. The molecule has 0 bridgehead atoms. The second-order valence-electron chi connectivity index (χ2n) is 8.05. The molecule has 0 rings (SSSR count). The number of unbranched alkanes of at least 4 members (excludes halogenated alkanes) is 1. The van der Waals surface area contributed by atoms with E-state index in [2.05, 4.69) is 17.6 Å². The van der Waals surface area contributed by atoms with Gasteiger partial charge in [-0.05, 0) is 51.9 Å². The summed E-state index contributed by atoms with van der Waals surface area (Å²) in [6, 6.07) is 2.47. The first kappa shape index (κ1) is 38.4. The molecule has 0 heterocycles. The zero-order chi connectivity index (χ0) is 27.8. The van der Waals surface area contributed by atoms with Gasteiger partial charge in [-0.1, -0.05) is 13.3 Å². The van der Waals surface area contributed by atoms with Crippen molar-refractivity contribution >= 4 is 26.4 Å². The Morgan fingerprint density at radius 1 is 0.389 bits per heavy atom. The minimum Gasteiger partial charge on any atom is -0.377 e. The van der Waals surface area contributed by atoms with Crippen LogP contribution in [0.5, 0.6) is 0 Å². The summed E-state index contributed by atoms with van der Waals surface area (Å²) in [5.74, 6) is 0. The van der Waals surface area contributed by atoms with Crippen molar-refractivity contribution in [2.24, 2.45) is 0 Å². The number of rotatable bonds is 24. The molecule has 0 aromatic heterocycles. The standard InChI is InChI=1S/C12H31NO6Si2.C10H25NO3Si/c1-14-20(15-2,16-3)11-7-9-13-10-8-12-21(17-4,18-5)19-6;1-5-6-8-11-9-7-10-15(12-2,13-3)14-4/h13H,7-12H2,1-6H3;11H,5-10H2,1-4H3. The Balaban J connectivity index is 0. The van der Waals surface area contributed by atoms with Gasteiger partial charge < -0.3 is 50.5 Å². The van der Waals surface area contributed by atoms with Crippen molar-refractivity contribution < 1.29 is 39.8 Å². The molecule has 0 radical (unpaired) electrons. The zero-order valence-corrected chi connectivity index (χ0v) is 27.7. The van der Waals surface area contributed by atoms with Gasteiger partial charge in [-0.3, -0.25) is 0 Å². The van der Waals surface area contributed by atoms with Crippen LogP contribution in [0.25, 0.3) is 0 Å². The largest absolute Gasteiger partial charge is 0.500 e. The molecule has 0 spiro atoms. The highest BCUT2D eigenvalue weighted by Gasteiger charge is 2.38. The molecule has 0 atom stereocenters. The summed E-state index contributed by atoms with van der Waals surface area (Å²) < 4.78 is 48.2. The molecule has 0 aliphatic rings. The fraction of sp³-hybridized carbons (Fsp3) is 1.00. The normalized spacial score (nSPS) is 12.5. The number of nitrogens with one attached hydrogen (secondary N) is 2. The van der Waals surface area contributed by atoms with E-state index >= 15 is 0 Å². The second kappa shape index (κ2) is 24.3. The lowest BCUT2D eigenvalue weighted by molar-refractivity contribution is 0.122. The van der Waals surface area contributed by atoms with Gasteiger partial charge in [0.15, 0.2) is 0 Å². The number of hydrogen-bond donors (Lipinski definition) is 2. The van der Waals surface area contributed by atoms with E-state index in [1.54, 1.807) is 64.0 Å². The quantitative estimate of drug-likeness (QED) is 0.131. The van der Waals surface area contributed by atoms with Crippen molar-refractivity contribution in [2.75, 3.05) is 90.2 Å². The highest BCUT2D eigenvalue weighted by Crippen LogP contribution is 2.16. The first-order valence-corrected chi connectivity index (χ1v) is 18.5. The molecule has 0 aromatic carbocycles. The topological polar surface area (TPSA) is 107 Å². The summed E-state index contributed by atoms with van der Waals surface area (Å²) in [6.45, 7) is 6.09. The fourth-order valence-electron chi connectivity index (χ4n) is 3.51. The van der Waals surface area contributed by atoms with Crippen LogP contribution in [0.1, 0.15) is 39.0 Å². The first-order valence-electron chi connectivity index (χ1n) is 12.7. The number of hydrogen-bond acceptors (Lipinski definition) is 11. The third-order valence-electron chi connectivity index (χ3n) is 6.02. The minimum absolute atomic E-state index is 0.802. The molecule has 220 valence electrons. The monoisotopic (exact) mass is 576 g/mol. The summed E-state index contributed by atoms with van der Waals surface area (Å²) in [4.78, 5) is 0. The van der Waals surface area contributed by atoms with E-state index in [4.69, 9.17) is 39.8 Å². The third kappa shape index (κ3) is 16.2. The van der Waals surface area contributed by atoms with E-state index in [1.807, 2.05) is 0 Å². The fourth-order valence-corrected chi connectivity index (χ4v) is 8.68. The molecule has 0 fully saturated rings. The van der Waals surface area contributed by atoms with Gasteiger partial charge in [0.05, 0.1) is 0 Å². The molecule has 36 heavy (non-hydrogen) atoms. The van der Waals surface area contributed by atoms with E-state index < -0.39 is 26.4 Å².